The highest BCUT2D eigenvalue weighted by Crippen LogP contribution is 2.25. The number of carbonyl (C=O) groups is 2. The molecule has 0 bridgehead atoms. The molecule has 0 radical (unpaired) electrons. The van der Waals surface area contributed by atoms with Gasteiger partial charge in [-0.05, 0) is 32.4 Å². The highest BCUT2D eigenvalue weighted by atomic mass is 32.2. The number of sulfonamides is 1. The van der Waals surface area contributed by atoms with E-state index in [4.69, 9.17) is 4.74 Å². The minimum Gasteiger partial charge on any atom is -0.464 e. The van der Waals surface area contributed by atoms with Crippen molar-refractivity contribution < 1.29 is 22.7 Å². The Hall–Kier alpha value is -3.02. The molecular weight excluding hydrogens is 440 g/mol. The SMILES string of the molecule is COC(=O)c1c(-c2ccccc2)ccn1NC(=O)c1csc(S(=O)(=O)NC(C)(C)C)n1. The van der Waals surface area contributed by atoms with Crippen LogP contribution in [0.4, 0.5) is 0 Å². The molecule has 31 heavy (non-hydrogen) atoms. The number of hydrogen-bond acceptors (Lipinski definition) is 7. The van der Waals surface area contributed by atoms with Gasteiger partial charge in [-0.2, -0.15) is 0 Å². The molecular formula is C20H22N4O5S2. The lowest BCUT2D eigenvalue weighted by molar-refractivity contribution is 0.0591. The molecule has 11 heteroatoms. The first-order valence-electron chi connectivity index (χ1n) is 9.18. The molecule has 0 atom stereocenters. The van der Waals surface area contributed by atoms with Crippen molar-refractivity contribution in [3.05, 3.63) is 59.4 Å². The lowest BCUT2D eigenvalue weighted by atomic mass is 10.1. The molecule has 164 valence electrons. The van der Waals surface area contributed by atoms with Gasteiger partial charge in [0.1, 0.15) is 5.69 Å². The topological polar surface area (TPSA) is 119 Å². The monoisotopic (exact) mass is 462 g/mol. The molecule has 1 amide bonds. The zero-order valence-corrected chi connectivity index (χ0v) is 19.0. The number of hydrogen-bond donors (Lipinski definition) is 2. The molecule has 2 heterocycles. The maximum absolute atomic E-state index is 12.7. The smallest absolute Gasteiger partial charge is 0.357 e. The van der Waals surface area contributed by atoms with Gasteiger partial charge < -0.3 is 4.74 Å². The maximum Gasteiger partial charge on any atom is 0.357 e. The molecule has 0 unspecified atom stereocenters. The lowest BCUT2D eigenvalue weighted by Crippen LogP contribution is -2.40. The van der Waals surface area contributed by atoms with Crippen molar-refractivity contribution in [3.8, 4) is 11.1 Å². The molecule has 0 aliphatic rings. The van der Waals surface area contributed by atoms with Crippen molar-refractivity contribution in [2.24, 2.45) is 0 Å². The number of carbonyl (C=O) groups excluding carboxylic acids is 2. The highest BCUT2D eigenvalue weighted by molar-refractivity contribution is 7.91. The summed E-state index contributed by atoms with van der Waals surface area (Å²) in [6.07, 6.45) is 1.51. The van der Waals surface area contributed by atoms with Crippen LogP contribution in [0.25, 0.3) is 11.1 Å². The quantitative estimate of drug-likeness (QED) is 0.544. The van der Waals surface area contributed by atoms with E-state index in [1.54, 1.807) is 26.8 Å². The summed E-state index contributed by atoms with van der Waals surface area (Å²) >= 11 is 0.830. The lowest BCUT2D eigenvalue weighted by Gasteiger charge is -2.18. The molecule has 2 aromatic heterocycles. The summed E-state index contributed by atoms with van der Waals surface area (Å²) in [6.45, 7) is 5.11. The Balaban J connectivity index is 1.89. The Morgan fingerprint density at radius 3 is 2.42 bits per heavy atom. The van der Waals surface area contributed by atoms with E-state index >= 15 is 0 Å². The molecule has 1 aromatic carbocycles. The van der Waals surface area contributed by atoms with E-state index in [1.165, 1.54) is 23.4 Å². The van der Waals surface area contributed by atoms with Crippen molar-refractivity contribution in [2.45, 2.75) is 30.6 Å². The number of nitrogens with one attached hydrogen (secondary N) is 2. The van der Waals surface area contributed by atoms with Gasteiger partial charge in [-0.25, -0.2) is 22.9 Å². The van der Waals surface area contributed by atoms with Crippen LogP contribution in [-0.2, 0) is 14.8 Å². The van der Waals surface area contributed by atoms with E-state index in [2.05, 4.69) is 15.1 Å². The Morgan fingerprint density at radius 2 is 1.81 bits per heavy atom. The van der Waals surface area contributed by atoms with Crippen LogP contribution in [0.1, 0.15) is 41.7 Å². The van der Waals surface area contributed by atoms with Gasteiger partial charge in [0, 0.05) is 22.7 Å². The number of ether oxygens (including phenoxy) is 1. The van der Waals surface area contributed by atoms with Crippen LogP contribution in [0.2, 0.25) is 0 Å². The van der Waals surface area contributed by atoms with E-state index in [9.17, 15) is 18.0 Å². The van der Waals surface area contributed by atoms with Gasteiger partial charge >= 0.3 is 5.97 Å². The number of methoxy groups -OCH3 is 1. The molecule has 3 aromatic rings. The second kappa shape index (κ2) is 8.61. The van der Waals surface area contributed by atoms with Crippen LogP contribution in [0, 0.1) is 0 Å². The van der Waals surface area contributed by atoms with E-state index < -0.39 is 27.4 Å². The standard InChI is InChI=1S/C20H22N4O5S2/c1-20(2,3)23-31(27,28)19-21-15(12-30-19)17(25)22-24-11-10-14(16(24)18(26)29-4)13-8-6-5-7-9-13/h5-12,23H,1-4H3,(H,22,25). The summed E-state index contributed by atoms with van der Waals surface area (Å²) < 4.78 is 33.2. The first kappa shape index (κ1) is 22.7. The van der Waals surface area contributed by atoms with Gasteiger partial charge in [0.25, 0.3) is 15.9 Å². The fourth-order valence-electron chi connectivity index (χ4n) is 2.78. The number of thiazole rings is 1. The van der Waals surface area contributed by atoms with Crippen molar-refractivity contribution in [1.82, 2.24) is 14.4 Å². The number of amides is 1. The van der Waals surface area contributed by atoms with Gasteiger partial charge in [0.2, 0.25) is 4.34 Å². The Morgan fingerprint density at radius 1 is 1.13 bits per heavy atom. The van der Waals surface area contributed by atoms with Crippen LogP contribution in [0.15, 0.2) is 52.3 Å². The number of nitrogens with zero attached hydrogens (tertiary/aromatic N) is 2. The molecule has 0 aliphatic heterocycles. The number of aromatic nitrogens is 2. The van der Waals surface area contributed by atoms with Crippen LogP contribution in [0.5, 0.6) is 0 Å². The van der Waals surface area contributed by atoms with Crippen molar-refractivity contribution in [3.63, 3.8) is 0 Å². The molecule has 0 spiro atoms. The third kappa shape index (κ3) is 5.19. The number of esters is 1. The summed E-state index contributed by atoms with van der Waals surface area (Å²) in [7, 11) is -2.62. The predicted molar refractivity (Wildman–Crippen MR) is 117 cm³/mol. The van der Waals surface area contributed by atoms with Crippen LogP contribution in [0.3, 0.4) is 0 Å². The summed E-state index contributed by atoms with van der Waals surface area (Å²) in [6, 6.07) is 10.8. The van der Waals surface area contributed by atoms with Crippen molar-refractivity contribution in [1.29, 1.82) is 0 Å². The number of benzene rings is 1. The molecule has 3 rings (SSSR count). The molecule has 9 nitrogen and oxygen atoms in total. The molecule has 0 saturated heterocycles. The minimum absolute atomic E-state index is 0.0925. The summed E-state index contributed by atoms with van der Waals surface area (Å²) in [5.41, 5.74) is 3.23. The average Bonchev–Trinajstić information content (AvgIpc) is 3.34. The fraction of sp³-hybridized carbons (Fsp3) is 0.250. The van der Waals surface area contributed by atoms with Crippen LogP contribution in [-0.4, -0.2) is 42.6 Å². The third-order valence-electron chi connectivity index (χ3n) is 3.96. The highest BCUT2D eigenvalue weighted by Gasteiger charge is 2.27. The Bertz CT molecular complexity index is 1210. The normalized spacial score (nSPS) is 11.9. The van der Waals surface area contributed by atoms with Gasteiger partial charge in [0.05, 0.1) is 7.11 Å². The van der Waals surface area contributed by atoms with Gasteiger partial charge in [-0.3, -0.25) is 14.9 Å². The fourth-order valence-corrected chi connectivity index (χ4v) is 5.19. The minimum atomic E-state index is -3.86. The maximum atomic E-state index is 12.7. The third-order valence-corrected chi connectivity index (χ3v) is 6.97. The first-order chi connectivity index (χ1) is 14.5. The predicted octanol–water partition coefficient (Wildman–Crippen LogP) is 2.86. The van der Waals surface area contributed by atoms with Crippen LogP contribution >= 0.6 is 11.3 Å². The average molecular weight is 463 g/mol. The van der Waals surface area contributed by atoms with E-state index in [1.807, 2.05) is 30.3 Å². The van der Waals surface area contributed by atoms with E-state index in [0.717, 1.165) is 16.9 Å². The van der Waals surface area contributed by atoms with E-state index in [-0.39, 0.29) is 15.7 Å². The first-order valence-corrected chi connectivity index (χ1v) is 11.5. The summed E-state index contributed by atoms with van der Waals surface area (Å²) in [5, 5.41) is 1.34. The second-order valence-electron chi connectivity index (χ2n) is 7.60. The van der Waals surface area contributed by atoms with E-state index in [0.29, 0.717) is 5.56 Å². The van der Waals surface area contributed by atoms with Crippen molar-refractivity contribution in [2.75, 3.05) is 12.5 Å². The molecule has 2 N–H and O–H groups in total. The zero-order chi connectivity index (χ0) is 22.8. The van der Waals surface area contributed by atoms with Crippen molar-refractivity contribution >= 4 is 33.2 Å². The van der Waals surface area contributed by atoms with Crippen LogP contribution < -0.4 is 10.1 Å². The number of rotatable bonds is 6. The van der Waals surface area contributed by atoms with Gasteiger partial charge in [-0.1, -0.05) is 30.3 Å². The molecule has 0 aliphatic carbocycles. The molecule has 0 fully saturated rings. The molecule has 0 saturated carbocycles. The Labute approximate surface area is 184 Å². The Kier molecular flexibility index (Phi) is 6.30. The summed E-state index contributed by atoms with van der Waals surface area (Å²) in [4.78, 5) is 29.0. The zero-order valence-electron chi connectivity index (χ0n) is 17.4. The van der Waals surface area contributed by atoms with Gasteiger partial charge in [0.15, 0.2) is 5.69 Å². The van der Waals surface area contributed by atoms with Gasteiger partial charge in [-0.15, -0.1) is 11.3 Å². The largest absolute Gasteiger partial charge is 0.464 e. The summed E-state index contributed by atoms with van der Waals surface area (Å²) in [5.74, 6) is -1.31. The second-order valence-corrected chi connectivity index (χ2v) is 10.3.